The number of nitrogens with zero attached hydrogens (tertiary/aromatic N) is 1. The summed E-state index contributed by atoms with van der Waals surface area (Å²) < 4.78 is 27.9. The van der Waals surface area contributed by atoms with Crippen molar-refractivity contribution in [2.75, 3.05) is 21.0 Å². The standard InChI is InChI=1S/C22H17NO5/c1-24-17-4-3-5-18(25-2)21(17)22-23-15-8-6-13(10-19(15)28-22)14-7-9-16-20(11-14)27-12-26-16/h3-11H,12H2,1-2H3. The molecule has 2 heterocycles. The average molecular weight is 375 g/mol. The van der Waals surface area contributed by atoms with Gasteiger partial charge in [0.2, 0.25) is 12.7 Å². The van der Waals surface area contributed by atoms with E-state index >= 15 is 0 Å². The zero-order valence-electron chi connectivity index (χ0n) is 15.4. The number of ether oxygens (including phenoxy) is 4. The Balaban J connectivity index is 1.60. The fourth-order valence-corrected chi connectivity index (χ4v) is 3.35. The summed E-state index contributed by atoms with van der Waals surface area (Å²) >= 11 is 0. The molecule has 0 fully saturated rings. The first-order valence-corrected chi connectivity index (χ1v) is 8.79. The van der Waals surface area contributed by atoms with Gasteiger partial charge in [0.1, 0.15) is 22.6 Å². The highest BCUT2D eigenvalue weighted by atomic mass is 16.7. The molecule has 0 atom stereocenters. The fraction of sp³-hybridized carbons (Fsp3) is 0.136. The van der Waals surface area contributed by atoms with Gasteiger partial charge in [0.25, 0.3) is 0 Å². The van der Waals surface area contributed by atoms with Gasteiger partial charge in [-0.3, -0.25) is 0 Å². The predicted octanol–water partition coefficient (Wildman–Crippen LogP) is 4.91. The van der Waals surface area contributed by atoms with E-state index in [1.165, 1.54) is 0 Å². The van der Waals surface area contributed by atoms with E-state index in [4.69, 9.17) is 23.4 Å². The summed E-state index contributed by atoms with van der Waals surface area (Å²) in [6.45, 7) is 0.254. The molecule has 0 radical (unpaired) electrons. The van der Waals surface area contributed by atoms with Crippen molar-refractivity contribution in [1.29, 1.82) is 0 Å². The molecule has 3 aromatic carbocycles. The van der Waals surface area contributed by atoms with E-state index in [1.807, 2.05) is 54.6 Å². The van der Waals surface area contributed by atoms with Crippen LogP contribution in [0.1, 0.15) is 0 Å². The molecule has 1 aliphatic heterocycles. The van der Waals surface area contributed by atoms with Gasteiger partial charge in [-0.25, -0.2) is 4.98 Å². The van der Waals surface area contributed by atoms with E-state index in [0.717, 1.165) is 28.1 Å². The highest BCUT2D eigenvalue weighted by molar-refractivity contribution is 5.84. The van der Waals surface area contributed by atoms with Gasteiger partial charge in [-0.2, -0.15) is 0 Å². The van der Waals surface area contributed by atoms with E-state index in [2.05, 4.69) is 4.98 Å². The van der Waals surface area contributed by atoms with Crippen molar-refractivity contribution < 1.29 is 23.4 Å². The predicted molar refractivity (Wildman–Crippen MR) is 104 cm³/mol. The minimum absolute atomic E-state index is 0.254. The minimum atomic E-state index is 0.254. The monoisotopic (exact) mass is 375 g/mol. The topological polar surface area (TPSA) is 63.0 Å². The number of methoxy groups -OCH3 is 2. The Morgan fingerprint density at radius 3 is 2.32 bits per heavy atom. The maximum atomic E-state index is 6.07. The maximum Gasteiger partial charge on any atom is 0.234 e. The molecule has 28 heavy (non-hydrogen) atoms. The summed E-state index contributed by atoms with van der Waals surface area (Å²) in [7, 11) is 3.22. The Hall–Kier alpha value is -3.67. The lowest BCUT2D eigenvalue weighted by atomic mass is 10.0. The lowest BCUT2D eigenvalue weighted by molar-refractivity contribution is 0.174. The van der Waals surface area contributed by atoms with Crippen LogP contribution < -0.4 is 18.9 Å². The number of benzene rings is 3. The molecule has 0 N–H and O–H groups in total. The summed E-state index contributed by atoms with van der Waals surface area (Å²) in [6, 6.07) is 17.3. The Kier molecular flexibility index (Phi) is 3.83. The van der Waals surface area contributed by atoms with Crippen LogP contribution in [0.2, 0.25) is 0 Å². The lowest BCUT2D eigenvalue weighted by Gasteiger charge is -2.09. The van der Waals surface area contributed by atoms with Crippen LogP contribution in [0.5, 0.6) is 23.0 Å². The van der Waals surface area contributed by atoms with Gasteiger partial charge in [-0.15, -0.1) is 0 Å². The van der Waals surface area contributed by atoms with Gasteiger partial charge >= 0.3 is 0 Å². The van der Waals surface area contributed by atoms with Gasteiger partial charge < -0.3 is 23.4 Å². The number of hydrogen-bond donors (Lipinski definition) is 0. The van der Waals surface area contributed by atoms with Crippen molar-refractivity contribution in [3.8, 4) is 45.6 Å². The van der Waals surface area contributed by atoms with E-state index in [0.29, 0.717) is 28.5 Å². The van der Waals surface area contributed by atoms with Crippen LogP contribution in [0.25, 0.3) is 33.7 Å². The van der Waals surface area contributed by atoms with E-state index in [1.54, 1.807) is 14.2 Å². The second-order valence-electron chi connectivity index (χ2n) is 6.31. The summed E-state index contributed by atoms with van der Waals surface area (Å²) in [5, 5.41) is 0. The van der Waals surface area contributed by atoms with Crippen LogP contribution in [0.15, 0.2) is 59.0 Å². The molecule has 1 aromatic heterocycles. The van der Waals surface area contributed by atoms with Crippen molar-refractivity contribution in [3.63, 3.8) is 0 Å². The van der Waals surface area contributed by atoms with E-state index < -0.39 is 0 Å². The molecule has 4 aromatic rings. The van der Waals surface area contributed by atoms with E-state index in [-0.39, 0.29) is 6.79 Å². The van der Waals surface area contributed by atoms with Gasteiger partial charge in [-0.1, -0.05) is 18.2 Å². The average Bonchev–Trinajstić information content (AvgIpc) is 3.38. The van der Waals surface area contributed by atoms with Crippen molar-refractivity contribution in [2.24, 2.45) is 0 Å². The third kappa shape index (κ3) is 2.62. The molecule has 0 unspecified atom stereocenters. The van der Waals surface area contributed by atoms with Crippen LogP contribution in [0.4, 0.5) is 0 Å². The lowest BCUT2D eigenvalue weighted by Crippen LogP contribution is -1.92. The highest BCUT2D eigenvalue weighted by Gasteiger charge is 2.19. The highest BCUT2D eigenvalue weighted by Crippen LogP contribution is 2.40. The zero-order chi connectivity index (χ0) is 19.1. The number of aromatic nitrogens is 1. The van der Waals surface area contributed by atoms with Crippen LogP contribution in [0, 0.1) is 0 Å². The number of oxazole rings is 1. The van der Waals surface area contributed by atoms with Crippen molar-refractivity contribution in [2.45, 2.75) is 0 Å². The largest absolute Gasteiger partial charge is 0.496 e. The van der Waals surface area contributed by atoms with Gasteiger partial charge in [-0.05, 0) is 47.5 Å². The van der Waals surface area contributed by atoms with Gasteiger partial charge in [0, 0.05) is 0 Å². The first-order chi connectivity index (χ1) is 13.8. The van der Waals surface area contributed by atoms with Crippen LogP contribution in [-0.2, 0) is 0 Å². The molecule has 0 aliphatic carbocycles. The second kappa shape index (κ2) is 6.49. The van der Waals surface area contributed by atoms with Crippen molar-refractivity contribution >= 4 is 11.1 Å². The third-order valence-corrected chi connectivity index (χ3v) is 4.74. The second-order valence-corrected chi connectivity index (χ2v) is 6.31. The Bertz CT molecular complexity index is 1160. The number of hydrogen-bond acceptors (Lipinski definition) is 6. The van der Waals surface area contributed by atoms with Crippen LogP contribution in [0.3, 0.4) is 0 Å². The smallest absolute Gasteiger partial charge is 0.234 e. The van der Waals surface area contributed by atoms with Crippen LogP contribution in [-0.4, -0.2) is 26.0 Å². The quantitative estimate of drug-likeness (QED) is 0.505. The molecule has 6 heteroatoms. The molecule has 0 bridgehead atoms. The Labute approximate surface area is 161 Å². The molecule has 0 saturated carbocycles. The molecule has 0 spiro atoms. The molecule has 6 nitrogen and oxygen atoms in total. The first kappa shape index (κ1) is 16.5. The maximum absolute atomic E-state index is 6.07. The normalized spacial score (nSPS) is 12.4. The van der Waals surface area contributed by atoms with E-state index in [9.17, 15) is 0 Å². The minimum Gasteiger partial charge on any atom is -0.496 e. The van der Waals surface area contributed by atoms with Crippen LogP contribution >= 0.6 is 0 Å². The molecule has 1 aliphatic rings. The Morgan fingerprint density at radius 2 is 1.54 bits per heavy atom. The molecule has 0 saturated heterocycles. The third-order valence-electron chi connectivity index (χ3n) is 4.74. The Morgan fingerprint density at radius 1 is 0.821 bits per heavy atom. The van der Waals surface area contributed by atoms with Crippen molar-refractivity contribution in [3.05, 3.63) is 54.6 Å². The van der Waals surface area contributed by atoms with Gasteiger partial charge in [0.15, 0.2) is 17.1 Å². The molecule has 140 valence electrons. The molecular formula is C22H17NO5. The number of fused-ring (bicyclic) bond motifs is 2. The summed E-state index contributed by atoms with van der Waals surface area (Å²) in [5.74, 6) is 3.24. The molecular weight excluding hydrogens is 358 g/mol. The summed E-state index contributed by atoms with van der Waals surface area (Å²) in [5.41, 5.74) is 4.14. The molecule has 0 amide bonds. The first-order valence-electron chi connectivity index (χ1n) is 8.79. The summed E-state index contributed by atoms with van der Waals surface area (Å²) in [4.78, 5) is 4.62. The fourth-order valence-electron chi connectivity index (χ4n) is 3.35. The summed E-state index contributed by atoms with van der Waals surface area (Å²) in [6.07, 6.45) is 0. The SMILES string of the molecule is COc1cccc(OC)c1-c1nc2ccc(-c3ccc4c(c3)OCO4)cc2o1. The van der Waals surface area contributed by atoms with Gasteiger partial charge in [0.05, 0.1) is 14.2 Å². The molecule has 5 rings (SSSR count). The number of rotatable bonds is 4. The zero-order valence-corrected chi connectivity index (χ0v) is 15.4. The van der Waals surface area contributed by atoms with Crippen molar-refractivity contribution in [1.82, 2.24) is 4.98 Å².